The first-order valence-electron chi connectivity index (χ1n) is 12.4. The van der Waals surface area contributed by atoms with Gasteiger partial charge in [-0.05, 0) is 69.2 Å². The van der Waals surface area contributed by atoms with Gasteiger partial charge >= 0.3 is 0 Å². The minimum atomic E-state index is -0.254. The van der Waals surface area contributed by atoms with E-state index < -0.39 is 0 Å². The molecule has 178 valence electrons. The van der Waals surface area contributed by atoms with Crippen LogP contribution in [-0.4, -0.2) is 46.7 Å². The van der Waals surface area contributed by atoms with Gasteiger partial charge in [0.15, 0.2) is 0 Å². The SMILES string of the molecule is CC(C)n1c(=O)c(C(=O)NC2CC3CCC(C2)N3CCOc2ccccc2)cc2ccccc21. The Kier molecular flexibility index (Phi) is 6.42. The summed E-state index contributed by atoms with van der Waals surface area (Å²) in [5, 5.41) is 4.11. The first-order valence-corrected chi connectivity index (χ1v) is 12.4. The van der Waals surface area contributed by atoms with Crippen molar-refractivity contribution < 1.29 is 9.53 Å². The number of nitrogens with zero attached hydrogens (tertiary/aromatic N) is 2. The van der Waals surface area contributed by atoms with Gasteiger partial charge in [0, 0.05) is 30.7 Å². The molecule has 2 aliphatic rings. The zero-order chi connectivity index (χ0) is 23.7. The van der Waals surface area contributed by atoms with Crippen molar-refractivity contribution in [2.24, 2.45) is 0 Å². The van der Waals surface area contributed by atoms with E-state index in [-0.39, 0.29) is 29.1 Å². The van der Waals surface area contributed by atoms with Crippen LogP contribution in [0.5, 0.6) is 5.75 Å². The molecule has 0 spiro atoms. The second-order valence-corrected chi connectivity index (χ2v) is 9.81. The van der Waals surface area contributed by atoms with E-state index in [0.717, 1.165) is 48.9 Å². The van der Waals surface area contributed by atoms with Crippen molar-refractivity contribution in [2.75, 3.05) is 13.2 Å². The first-order chi connectivity index (χ1) is 16.5. The monoisotopic (exact) mass is 459 g/mol. The summed E-state index contributed by atoms with van der Waals surface area (Å²) in [7, 11) is 0. The Morgan fingerprint density at radius 3 is 2.41 bits per heavy atom. The molecule has 5 rings (SSSR count). The number of fused-ring (bicyclic) bond motifs is 3. The van der Waals surface area contributed by atoms with Gasteiger partial charge in [-0.2, -0.15) is 0 Å². The van der Waals surface area contributed by atoms with Crippen LogP contribution in [0, 0.1) is 0 Å². The van der Waals surface area contributed by atoms with E-state index in [1.54, 1.807) is 10.6 Å². The number of rotatable bonds is 7. The number of carbonyl (C=O) groups excluding carboxylic acids is 1. The minimum absolute atomic E-state index is 0.0256. The van der Waals surface area contributed by atoms with Gasteiger partial charge in [-0.25, -0.2) is 0 Å². The number of amides is 1. The average molecular weight is 460 g/mol. The molecule has 3 aromatic rings. The standard InChI is InChI=1S/C28H33N3O3/c1-19(2)31-26-11-7-6-8-20(26)16-25(28(31)33)27(32)29-21-17-22-12-13-23(18-21)30(22)14-15-34-24-9-4-3-5-10-24/h3-11,16,19,21-23H,12-15,17-18H2,1-2H3,(H,29,32). The summed E-state index contributed by atoms with van der Waals surface area (Å²) in [6, 6.07) is 20.4. The smallest absolute Gasteiger partial charge is 0.264 e. The number of hydrogen-bond donors (Lipinski definition) is 1. The number of piperidine rings is 1. The van der Waals surface area contributed by atoms with Crippen LogP contribution >= 0.6 is 0 Å². The normalized spacial score (nSPS) is 22.3. The van der Waals surface area contributed by atoms with Crippen molar-refractivity contribution in [1.29, 1.82) is 0 Å². The third-order valence-corrected chi connectivity index (χ3v) is 7.29. The van der Waals surface area contributed by atoms with E-state index >= 15 is 0 Å². The average Bonchev–Trinajstić information content (AvgIpc) is 3.06. The summed E-state index contributed by atoms with van der Waals surface area (Å²) in [4.78, 5) is 29.0. The van der Waals surface area contributed by atoms with Crippen molar-refractivity contribution in [3.8, 4) is 5.75 Å². The number of para-hydroxylation sites is 2. The van der Waals surface area contributed by atoms with E-state index in [1.165, 1.54) is 0 Å². The lowest BCUT2D eigenvalue weighted by atomic mass is 9.97. The number of benzene rings is 2. The maximum atomic E-state index is 13.2. The van der Waals surface area contributed by atoms with Gasteiger partial charge in [-0.1, -0.05) is 36.4 Å². The molecule has 0 radical (unpaired) electrons. The molecule has 3 heterocycles. The Balaban J connectivity index is 1.25. The molecule has 2 aliphatic heterocycles. The number of nitrogens with one attached hydrogen (secondary N) is 1. The molecular formula is C28H33N3O3. The van der Waals surface area contributed by atoms with Gasteiger partial charge in [0.25, 0.3) is 11.5 Å². The number of pyridine rings is 1. The Bertz CT molecular complexity index is 1210. The highest BCUT2D eigenvalue weighted by molar-refractivity contribution is 5.97. The zero-order valence-electron chi connectivity index (χ0n) is 19.9. The highest BCUT2D eigenvalue weighted by Gasteiger charge is 2.41. The van der Waals surface area contributed by atoms with Crippen LogP contribution < -0.4 is 15.6 Å². The van der Waals surface area contributed by atoms with Crippen LogP contribution in [0.2, 0.25) is 0 Å². The van der Waals surface area contributed by atoms with E-state index in [0.29, 0.717) is 18.7 Å². The Morgan fingerprint density at radius 1 is 1.03 bits per heavy atom. The number of hydrogen-bond acceptors (Lipinski definition) is 4. The van der Waals surface area contributed by atoms with Gasteiger partial charge in [-0.15, -0.1) is 0 Å². The zero-order valence-corrected chi connectivity index (χ0v) is 19.9. The fraction of sp³-hybridized carbons (Fsp3) is 0.429. The summed E-state index contributed by atoms with van der Waals surface area (Å²) in [6.07, 6.45) is 4.13. The van der Waals surface area contributed by atoms with E-state index in [4.69, 9.17) is 4.74 Å². The fourth-order valence-electron chi connectivity index (χ4n) is 5.77. The number of carbonyl (C=O) groups is 1. The van der Waals surface area contributed by atoms with Crippen molar-refractivity contribution in [1.82, 2.24) is 14.8 Å². The van der Waals surface area contributed by atoms with Crippen molar-refractivity contribution in [2.45, 2.75) is 63.7 Å². The molecule has 0 aliphatic carbocycles. The van der Waals surface area contributed by atoms with Crippen LogP contribution in [0.4, 0.5) is 0 Å². The Morgan fingerprint density at radius 2 is 1.71 bits per heavy atom. The fourth-order valence-corrected chi connectivity index (χ4v) is 5.77. The molecule has 2 fully saturated rings. The van der Waals surface area contributed by atoms with Gasteiger partial charge in [0.2, 0.25) is 0 Å². The molecule has 2 bridgehead atoms. The molecule has 6 heteroatoms. The molecule has 2 unspecified atom stereocenters. The highest BCUT2D eigenvalue weighted by atomic mass is 16.5. The maximum Gasteiger partial charge on any atom is 0.264 e. The topological polar surface area (TPSA) is 63.6 Å². The molecule has 1 N–H and O–H groups in total. The van der Waals surface area contributed by atoms with Crippen LogP contribution in [-0.2, 0) is 0 Å². The summed E-state index contributed by atoms with van der Waals surface area (Å²) < 4.78 is 7.64. The summed E-state index contributed by atoms with van der Waals surface area (Å²) in [5.74, 6) is 0.648. The summed E-state index contributed by atoms with van der Waals surface area (Å²) in [5.41, 5.74) is 0.881. The van der Waals surface area contributed by atoms with Crippen LogP contribution in [0.25, 0.3) is 10.9 Å². The van der Waals surface area contributed by atoms with Gasteiger partial charge < -0.3 is 14.6 Å². The molecule has 6 nitrogen and oxygen atoms in total. The lowest BCUT2D eigenvalue weighted by Crippen LogP contribution is -2.51. The molecular weight excluding hydrogens is 426 g/mol. The van der Waals surface area contributed by atoms with Gasteiger partial charge in [0.05, 0.1) is 5.52 Å². The maximum absolute atomic E-state index is 13.2. The van der Waals surface area contributed by atoms with Crippen molar-refractivity contribution in [3.05, 3.63) is 76.6 Å². The molecule has 34 heavy (non-hydrogen) atoms. The van der Waals surface area contributed by atoms with Crippen LogP contribution in [0.1, 0.15) is 55.9 Å². The largest absolute Gasteiger partial charge is 0.492 e. The van der Waals surface area contributed by atoms with E-state index in [2.05, 4.69) is 10.2 Å². The van der Waals surface area contributed by atoms with Gasteiger partial charge in [0.1, 0.15) is 17.9 Å². The quantitative estimate of drug-likeness (QED) is 0.569. The predicted molar refractivity (Wildman–Crippen MR) is 135 cm³/mol. The molecule has 1 aromatic heterocycles. The highest BCUT2D eigenvalue weighted by Crippen LogP contribution is 2.35. The van der Waals surface area contributed by atoms with Crippen LogP contribution in [0.3, 0.4) is 0 Å². The van der Waals surface area contributed by atoms with Crippen molar-refractivity contribution >= 4 is 16.8 Å². The third kappa shape index (κ3) is 4.47. The first kappa shape index (κ1) is 22.7. The second kappa shape index (κ2) is 9.63. The molecule has 2 aromatic carbocycles. The Labute approximate surface area is 200 Å². The van der Waals surface area contributed by atoms with Crippen molar-refractivity contribution in [3.63, 3.8) is 0 Å². The van der Waals surface area contributed by atoms with Crippen LogP contribution in [0.15, 0.2) is 65.5 Å². The number of ether oxygens (including phenoxy) is 1. The predicted octanol–water partition coefficient (Wildman–Crippen LogP) is 4.39. The molecule has 1 amide bonds. The molecule has 2 atom stereocenters. The summed E-state index contributed by atoms with van der Waals surface area (Å²) >= 11 is 0. The molecule has 2 saturated heterocycles. The van der Waals surface area contributed by atoms with E-state index in [9.17, 15) is 9.59 Å². The third-order valence-electron chi connectivity index (χ3n) is 7.29. The molecule has 0 saturated carbocycles. The summed E-state index contributed by atoms with van der Waals surface area (Å²) in [6.45, 7) is 5.52. The van der Waals surface area contributed by atoms with E-state index in [1.807, 2.05) is 68.4 Å². The minimum Gasteiger partial charge on any atom is -0.492 e. The lowest BCUT2D eigenvalue weighted by Gasteiger charge is -2.39. The van der Waals surface area contributed by atoms with Gasteiger partial charge in [-0.3, -0.25) is 14.5 Å². The number of aromatic nitrogens is 1. The Hall–Kier alpha value is -3.12. The second-order valence-electron chi connectivity index (χ2n) is 9.81. The lowest BCUT2D eigenvalue weighted by molar-refractivity contribution is 0.0799.